The van der Waals surface area contributed by atoms with Gasteiger partial charge in [0.05, 0.1) is 13.2 Å². The van der Waals surface area contributed by atoms with Gasteiger partial charge in [0, 0.05) is 25.7 Å². The zero-order valence-corrected chi connectivity index (χ0v) is 22.9. The van der Waals surface area contributed by atoms with Crippen molar-refractivity contribution < 1.29 is 28.2 Å². The van der Waals surface area contributed by atoms with E-state index in [4.69, 9.17) is 18.6 Å². The van der Waals surface area contributed by atoms with Crippen LogP contribution in [-0.4, -0.2) is 60.9 Å². The van der Waals surface area contributed by atoms with Crippen molar-refractivity contribution in [3.8, 4) is 11.5 Å². The number of hydrogen-bond acceptors (Lipinski definition) is 6. The summed E-state index contributed by atoms with van der Waals surface area (Å²) in [6, 6.07) is 9.31. The van der Waals surface area contributed by atoms with Crippen molar-refractivity contribution >= 4 is 11.9 Å². The minimum absolute atomic E-state index is 0.0359. The van der Waals surface area contributed by atoms with Crippen LogP contribution < -0.4 is 14.8 Å². The van der Waals surface area contributed by atoms with Gasteiger partial charge in [0.1, 0.15) is 18.1 Å². The van der Waals surface area contributed by atoms with E-state index >= 15 is 0 Å². The molecule has 1 N–H and O–H groups in total. The number of hydrogen-bond donors (Lipinski definition) is 1. The average molecular weight is 538 g/mol. The third-order valence-corrected chi connectivity index (χ3v) is 8.89. The Bertz CT molecular complexity index is 1170. The predicted octanol–water partition coefficient (Wildman–Crippen LogP) is 4.47. The van der Waals surface area contributed by atoms with E-state index in [0.29, 0.717) is 43.5 Å². The monoisotopic (exact) mass is 537 g/mol. The molecule has 9 nitrogen and oxygen atoms in total. The van der Waals surface area contributed by atoms with E-state index in [1.807, 2.05) is 37.3 Å². The molecule has 5 aliphatic rings. The van der Waals surface area contributed by atoms with Crippen LogP contribution in [0, 0.1) is 24.7 Å². The van der Waals surface area contributed by atoms with Crippen molar-refractivity contribution in [2.45, 2.75) is 64.1 Å². The number of carbonyl (C=O) groups excluding carboxylic acids is 2. The number of ether oxygens (including phenoxy) is 3. The van der Waals surface area contributed by atoms with Gasteiger partial charge in [-0.1, -0.05) is 6.07 Å². The summed E-state index contributed by atoms with van der Waals surface area (Å²) in [5, 5.41) is 3.42. The molecule has 3 amide bonds. The number of furan rings is 1. The molecule has 1 aliphatic heterocycles. The zero-order chi connectivity index (χ0) is 27.0. The second kappa shape index (κ2) is 10.8. The van der Waals surface area contributed by atoms with Gasteiger partial charge in [0.25, 0.3) is 0 Å². The summed E-state index contributed by atoms with van der Waals surface area (Å²) in [4.78, 5) is 30.8. The largest absolute Gasteiger partial charge is 0.464 e. The summed E-state index contributed by atoms with van der Waals surface area (Å²) >= 11 is 0. The Balaban J connectivity index is 1.17. The van der Waals surface area contributed by atoms with Gasteiger partial charge in [0.15, 0.2) is 11.5 Å². The highest BCUT2D eigenvalue weighted by Gasteiger charge is 2.51. The van der Waals surface area contributed by atoms with Gasteiger partial charge in [-0.3, -0.25) is 4.79 Å². The molecule has 1 aromatic heterocycles. The first kappa shape index (κ1) is 26.0. The molecular formula is C30H39N3O6. The molecule has 4 bridgehead atoms. The molecule has 4 aliphatic carbocycles. The number of aryl methyl sites for hydroxylation is 1. The average Bonchev–Trinajstić information content (AvgIpc) is 3.53. The molecular weight excluding hydrogens is 498 g/mol. The summed E-state index contributed by atoms with van der Waals surface area (Å²) in [5.74, 6) is 4.87. The van der Waals surface area contributed by atoms with Crippen molar-refractivity contribution in [2.75, 3.05) is 33.6 Å². The lowest BCUT2D eigenvalue weighted by molar-refractivity contribution is -0.133. The second-order valence-corrected chi connectivity index (χ2v) is 12.0. The first-order chi connectivity index (χ1) is 18.9. The van der Waals surface area contributed by atoms with Gasteiger partial charge >= 0.3 is 6.03 Å². The van der Waals surface area contributed by atoms with E-state index in [0.717, 1.165) is 48.3 Å². The number of nitrogens with zero attached hydrogens (tertiary/aromatic N) is 2. The van der Waals surface area contributed by atoms with Crippen LogP contribution in [0.25, 0.3) is 0 Å². The number of urea groups is 1. The molecule has 0 spiro atoms. The minimum Gasteiger partial charge on any atom is -0.464 e. The highest BCUT2D eigenvalue weighted by atomic mass is 16.7. The Kier molecular flexibility index (Phi) is 7.18. The first-order valence-electron chi connectivity index (χ1n) is 14.2. The molecule has 9 heteroatoms. The number of rotatable bonds is 10. The van der Waals surface area contributed by atoms with Crippen LogP contribution in [0.2, 0.25) is 0 Å². The molecule has 39 heavy (non-hydrogen) atoms. The maximum absolute atomic E-state index is 13.8. The van der Waals surface area contributed by atoms with Crippen LogP contribution in [0.3, 0.4) is 0 Å². The van der Waals surface area contributed by atoms with Crippen molar-refractivity contribution in [3.63, 3.8) is 0 Å². The molecule has 0 unspecified atom stereocenters. The number of carbonyl (C=O) groups is 2. The third-order valence-electron chi connectivity index (χ3n) is 8.89. The van der Waals surface area contributed by atoms with Crippen LogP contribution in [0.5, 0.6) is 11.5 Å². The summed E-state index contributed by atoms with van der Waals surface area (Å²) in [7, 11) is 1.61. The van der Waals surface area contributed by atoms with E-state index in [-0.39, 0.29) is 30.8 Å². The topological polar surface area (TPSA) is 93.5 Å². The third kappa shape index (κ3) is 5.73. The Labute approximate surface area is 229 Å². The summed E-state index contributed by atoms with van der Waals surface area (Å²) in [5.41, 5.74) is 0.787. The lowest BCUT2D eigenvalue weighted by Gasteiger charge is -2.57. The first-order valence-corrected chi connectivity index (χ1v) is 14.2. The van der Waals surface area contributed by atoms with Crippen molar-refractivity contribution in [2.24, 2.45) is 17.8 Å². The maximum atomic E-state index is 13.8. The highest BCUT2D eigenvalue weighted by molar-refractivity contribution is 5.84. The number of benzene rings is 1. The second-order valence-electron chi connectivity index (χ2n) is 12.0. The van der Waals surface area contributed by atoms with Gasteiger partial charge in [-0.05, 0) is 93.0 Å². The van der Waals surface area contributed by atoms with Crippen LogP contribution in [0.15, 0.2) is 34.7 Å². The van der Waals surface area contributed by atoms with E-state index in [2.05, 4.69) is 5.32 Å². The van der Waals surface area contributed by atoms with E-state index in [9.17, 15) is 9.59 Å². The molecule has 2 heterocycles. The number of methoxy groups -OCH3 is 1. The lowest BCUT2D eigenvalue weighted by Crippen LogP contribution is -2.62. The Hall–Kier alpha value is -3.20. The molecule has 0 atom stereocenters. The fourth-order valence-electron chi connectivity index (χ4n) is 7.54. The number of amides is 3. The molecule has 7 rings (SSSR count). The number of fused-ring (bicyclic) bond motifs is 1. The molecule has 4 saturated carbocycles. The van der Waals surface area contributed by atoms with Gasteiger partial charge in [-0.15, -0.1) is 0 Å². The Morgan fingerprint density at radius 2 is 1.69 bits per heavy atom. The van der Waals surface area contributed by atoms with Crippen molar-refractivity contribution in [1.82, 2.24) is 15.1 Å². The van der Waals surface area contributed by atoms with Crippen LogP contribution in [0.4, 0.5) is 4.79 Å². The Morgan fingerprint density at radius 3 is 2.36 bits per heavy atom. The van der Waals surface area contributed by atoms with Crippen LogP contribution in [0.1, 0.15) is 55.6 Å². The molecule has 2 aromatic rings. The van der Waals surface area contributed by atoms with E-state index in [1.165, 1.54) is 19.3 Å². The molecule has 4 fully saturated rings. The quantitative estimate of drug-likeness (QED) is 0.481. The van der Waals surface area contributed by atoms with Crippen molar-refractivity contribution in [1.29, 1.82) is 0 Å². The molecule has 0 radical (unpaired) electrons. The lowest BCUT2D eigenvalue weighted by atomic mass is 9.53. The molecule has 210 valence electrons. The maximum Gasteiger partial charge on any atom is 0.318 e. The normalized spacial score (nSPS) is 26.1. The predicted molar refractivity (Wildman–Crippen MR) is 143 cm³/mol. The highest BCUT2D eigenvalue weighted by Crippen LogP contribution is 2.55. The summed E-state index contributed by atoms with van der Waals surface area (Å²) < 4.78 is 22.1. The number of nitrogens with one attached hydrogen (secondary N) is 1. The standard InChI is InChI=1S/C30H39N3O6/c1-20-3-5-25(39-20)17-33(16-21-4-6-26-27(12-21)38-19-37-26)28(34)18-32(7-8-36-2)29(35)31-30-13-22-9-23(14-30)11-24(10-22)15-30/h3-6,12,22-24H,7-11,13-19H2,1-2H3,(H,31,35). The summed E-state index contributed by atoms with van der Waals surface area (Å²) in [6.07, 6.45) is 7.10. The van der Waals surface area contributed by atoms with Gasteiger partial charge < -0.3 is 33.7 Å². The fraction of sp³-hybridized carbons (Fsp3) is 0.600. The molecule has 0 saturated heterocycles. The van der Waals surface area contributed by atoms with Crippen LogP contribution >= 0.6 is 0 Å². The van der Waals surface area contributed by atoms with E-state index in [1.54, 1.807) is 16.9 Å². The fourth-order valence-corrected chi connectivity index (χ4v) is 7.54. The molecule has 1 aromatic carbocycles. The van der Waals surface area contributed by atoms with Gasteiger partial charge in [0.2, 0.25) is 12.7 Å². The van der Waals surface area contributed by atoms with Gasteiger partial charge in [-0.2, -0.15) is 0 Å². The Morgan fingerprint density at radius 1 is 0.974 bits per heavy atom. The smallest absolute Gasteiger partial charge is 0.318 e. The van der Waals surface area contributed by atoms with Crippen LogP contribution in [-0.2, 0) is 22.6 Å². The SMILES string of the molecule is COCCN(CC(=O)N(Cc1ccc2c(c1)OCO2)Cc1ccc(C)o1)C(=O)NC12CC3CC(CC(C3)C1)C2. The minimum atomic E-state index is -0.167. The van der Waals surface area contributed by atoms with Crippen molar-refractivity contribution in [3.05, 3.63) is 47.4 Å². The van der Waals surface area contributed by atoms with Gasteiger partial charge in [-0.25, -0.2) is 4.79 Å². The zero-order valence-electron chi connectivity index (χ0n) is 22.9. The van der Waals surface area contributed by atoms with E-state index < -0.39 is 0 Å². The summed E-state index contributed by atoms with van der Waals surface area (Å²) in [6.45, 7) is 3.40.